The molecule has 1 rings (SSSR count). The summed E-state index contributed by atoms with van der Waals surface area (Å²) in [6.07, 6.45) is 10.9. The molecule has 0 bridgehead atoms. The summed E-state index contributed by atoms with van der Waals surface area (Å²) in [6.45, 7) is 0. The minimum Gasteiger partial charge on any atom is -0.381 e. The number of hydrogen-bond donors (Lipinski definition) is 0. The summed E-state index contributed by atoms with van der Waals surface area (Å²) in [5.41, 5.74) is 0. The maximum atomic E-state index is 5.17. The van der Waals surface area contributed by atoms with Crippen LogP contribution in [0.5, 0.6) is 0 Å². The molecule has 0 fully saturated rings. The molecule has 0 atom stereocenters. The van der Waals surface area contributed by atoms with E-state index in [1.54, 1.807) is 7.11 Å². The van der Waals surface area contributed by atoms with Crippen molar-refractivity contribution in [1.82, 2.24) is 0 Å². The normalized spacial score (nSPS) is 20.1. The van der Waals surface area contributed by atoms with Crippen molar-refractivity contribution in [2.75, 3.05) is 7.11 Å². The van der Waals surface area contributed by atoms with Crippen molar-refractivity contribution in [3.05, 3.63) is 24.3 Å². The third-order valence-corrected chi connectivity index (χ3v) is 1.51. The Balaban J connectivity index is 2.40. The molecular formula is C8H12O. The Kier molecular flexibility index (Phi) is 2.52. The largest absolute Gasteiger partial charge is 0.381 e. The van der Waals surface area contributed by atoms with E-state index in [-0.39, 0.29) is 0 Å². The lowest BCUT2D eigenvalue weighted by Crippen LogP contribution is -2.06. The summed E-state index contributed by atoms with van der Waals surface area (Å²) >= 11 is 0. The highest BCUT2D eigenvalue weighted by Crippen LogP contribution is 2.07. The van der Waals surface area contributed by atoms with Gasteiger partial charge in [0.05, 0.1) is 6.10 Å². The van der Waals surface area contributed by atoms with Gasteiger partial charge in [0.15, 0.2) is 0 Å². The van der Waals surface area contributed by atoms with E-state index in [1.807, 2.05) is 0 Å². The van der Waals surface area contributed by atoms with Gasteiger partial charge in [0.2, 0.25) is 0 Å². The van der Waals surface area contributed by atoms with Gasteiger partial charge in [-0.1, -0.05) is 24.3 Å². The summed E-state index contributed by atoms with van der Waals surface area (Å²) in [6, 6.07) is 0. The number of allylic oxidation sites excluding steroid dienone is 2. The van der Waals surface area contributed by atoms with Crippen LogP contribution in [-0.2, 0) is 4.74 Å². The lowest BCUT2D eigenvalue weighted by Gasteiger charge is -2.07. The van der Waals surface area contributed by atoms with Crippen LogP contribution in [0.15, 0.2) is 24.3 Å². The number of methoxy groups -OCH3 is 1. The van der Waals surface area contributed by atoms with Crippen LogP contribution in [0.1, 0.15) is 12.8 Å². The monoisotopic (exact) mass is 124 g/mol. The standard InChI is InChI=1S/C8H12O/c1-9-8-6-4-2-3-5-7-8/h2-5,8H,6-7H2,1H3. The summed E-state index contributed by atoms with van der Waals surface area (Å²) < 4.78 is 5.17. The molecule has 0 saturated carbocycles. The third-order valence-electron chi connectivity index (χ3n) is 1.51. The lowest BCUT2D eigenvalue weighted by molar-refractivity contribution is 0.108. The lowest BCUT2D eigenvalue weighted by atomic mass is 10.2. The fraction of sp³-hybridized carbons (Fsp3) is 0.500. The van der Waals surface area contributed by atoms with Crippen molar-refractivity contribution in [2.24, 2.45) is 0 Å². The highest BCUT2D eigenvalue weighted by atomic mass is 16.5. The molecule has 1 nitrogen and oxygen atoms in total. The molecule has 0 unspecified atom stereocenters. The first-order chi connectivity index (χ1) is 4.43. The maximum Gasteiger partial charge on any atom is 0.0640 e. The van der Waals surface area contributed by atoms with E-state index in [0.29, 0.717) is 6.10 Å². The van der Waals surface area contributed by atoms with Gasteiger partial charge in [-0.15, -0.1) is 0 Å². The van der Waals surface area contributed by atoms with Crippen LogP contribution in [0.25, 0.3) is 0 Å². The zero-order valence-electron chi connectivity index (χ0n) is 5.71. The molecule has 0 aromatic rings. The minimum absolute atomic E-state index is 0.403. The Morgan fingerprint density at radius 1 is 1.22 bits per heavy atom. The van der Waals surface area contributed by atoms with Crippen LogP contribution >= 0.6 is 0 Å². The van der Waals surface area contributed by atoms with Crippen molar-refractivity contribution >= 4 is 0 Å². The van der Waals surface area contributed by atoms with Crippen molar-refractivity contribution in [3.8, 4) is 0 Å². The molecule has 1 aliphatic rings. The molecule has 0 aromatic heterocycles. The van der Waals surface area contributed by atoms with Crippen LogP contribution in [0.2, 0.25) is 0 Å². The Hall–Kier alpha value is -0.560. The van der Waals surface area contributed by atoms with Crippen LogP contribution in [0.3, 0.4) is 0 Å². The van der Waals surface area contributed by atoms with Gasteiger partial charge in [0, 0.05) is 7.11 Å². The molecule has 0 aromatic carbocycles. The number of ether oxygens (including phenoxy) is 1. The van der Waals surface area contributed by atoms with Gasteiger partial charge in [0.1, 0.15) is 0 Å². The van der Waals surface area contributed by atoms with Crippen LogP contribution in [0, 0.1) is 0 Å². The molecule has 0 radical (unpaired) electrons. The Morgan fingerprint density at radius 2 is 1.78 bits per heavy atom. The number of hydrogen-bond acceptors (Lipinski definition) is 1. The second kappa shape index (κ2) is 3.46. The summed E-state index contributed by atoms with van der Waals surface area (Å²) in [4.78, 5) is 0. The van der Waals surface area contributed by atoms with E-state index in [1.165, 1.54) is 0 Å². The zero-order valence-corrected chi connectivity index (χ0v) is 5.71. The van der Waals surface area contributed by atoms with Crippen molar-refractivity contribution < 1.29 is 4.74 Å². The second-order valence-corrected chi connectivity index (χ2v) is 2.19. The minimum atomic E-state index is 0.403. The van der Waals surface area contributed by atoms with Crippen molar-refractivity contribution in [3.63, 3.8) is 0 Å². The summed E-state index contributed by atoms with van der Waals surface area (Å²) in [5, 5.41) is 0. The highest BCUT2D eigenvalue weighted by molar-refractivity contribution is 5.06. The predicted octanol–water partition coefficient (Wildman–Crippen LogP) is 1.91. The molecule has 0 aliphatic heterocycles. The van der Waals surface area contributed by atoms with E-state index < -0.39 is 0 Å². The van der Waals surface area contributed by atoms with Gasteiger partial charge in [-0.2, -0.15) is 0 Å². The molecule has 1 heteroatoms. The molecule has 1 aliphatic carbocycles. The van der Waals surface area contributed by atoms with Crippen molar-refractivity contribution in [2.45, 2.75) is 18.9 Å². The molecule has 0 amide bonds. The SMILES string of the molecule is COC1CC=CC=CC1. The smallest absolute Gasteiger partial charge is 0.0640 e. The predicted molar refractivity (Wildman–Crippen MR) is 38.3 cm³/mol. The van der Waals surface area contributed by atoms with Gasteiger partial charge in [0.25, 0.3) is 0 Å². The van der Waals surface area contributed by atoms with Crippen LogP contribution < -0.4 is 0 Å². The quantitative estimate of drug-likeness (QED) is 0.518. The molecule has 0 saturated heterocycles. The van der Waals surface area contributed by atoms with Gasteiger partial charge < -0.3 is 4.74 Å². The molecule has 0 N–H and O–H groups in total. The van der Waals surface area contributed by atoms with Gasteiger partial charge >= 0.3 is 0 Å². The molecule has 50 valence electrons. The van der Waals surface area contributed by atoms with Gasteiger partial charge in [-0.05, 0) is 12.8 Å². The molecular weight excluding hydrogens is 112 g/mol. The van der Waals surface area contributed by atoms with Crippen molar-refractivity contribution in [1.29, 1.82) is 0 Å². The Morgan fingerprint density at radius 3 is 2.22 bits per heavy atom. The molecule has 9 heavy (non-hydrogen) atoms. The van der Waals surface area contributed by atoms with Crippen LogP contribution in [0.4, 0.5) is 0 Å². The highest BCUT2D eigenvalue weighted by Gasteiger charge is 2.02. The average Bonchev–Trinajstić information content (AvgIpc) is 2.13. The zero-order chi connectivity index (χ0) is 6.53. The maximum absolute atomic E-state index is 5.17. The third kappa shape index (κ3) is 2.02. The van der Waals surface area contributed by atoms with E-state index in [9.17, 15) is 0 Å². The fourth-order valence-electron chi connectivity index (χ4n) is 0.907. The summed E-state index contributed by atoms with van der Waals surface area (Å²) in [7, 11) is 1.76. The van der Waals surface area contributed by atoms with E-state index >= 15 is 0 Å². The first-order valence-electron chi connectivity index (χ1n) is 3.28. The second-order valence-electron chi connectivity index (χ2n) is 2.19. The first-order valence-corrected chi connectivity index (χ1v) is 3.28. The topological polar surface area (TPSA) is 9.23 Å². The van der Waals surface area contributed by atoms with Gasteiger partial charge in [-0.25, -0.2) is 0 Å². The Labute approximate surface area is 56.0 Å². The molecule has 0 heterocycles. The van der Waals surface area contributed by atoms with E-state index in [2.05, 4.69) is 24.3 Å². The fourth-order valence-corrected chi connectivity index (χ4v) is 0.907. The van der Waals surface area contributed by atoms with Crippen LogP contribution in [-0.4, -0.2) is 13.2 Å². The first kappa shape index (κ1) is 6.56. The molecule has 0 spiro atoms. The average molecular weight is 124 g/mol. The Bertz CT molecular complexity index is 111. The van der Waals surface area contributed by atoms with E-state index in [0.717, 1.165) is 12.8 Å². The number of rotatable bonds is 1. The van der Waals surface area contributed by atoms with Gasteiger partial charge in [-0.3, -0.25) is 0 Å². The summed E-state index contributed by atoms with van der Waals surface area (Å²) in [5.74, 6) is 0. The van der Waals surface area contributed by atoms with E-state index in [4.69, 9.17) is 4.74 Å².